The lowest BCUT2D eigenvalue weighted by Gasteiger charge is -2.11. The first-order valence-corrected chi connectivity index (χ1v) is 8.39. The van der Waals surface area contributed by atoms with Gasteiger partial charge in [0.2, 0.25) is 0 Å². The second-order valence-electron chi connectivity index (χ2n) is 5.95. The molecule has 2 atom stereocenters. The van der Waals surface area contributed by atoms with Crippen molar-refractivity contribution in [1.82, 2.24) is 0 Å². The molecule has 0 N–H and O–H groups in total. The maximum atomic E-state index is 2.44. The van der Waals surface area contributed by atoms with E-state index in [2.05, 4.69) is 39.8 Å². The Balaban J connectivity index is 3.56. The molecule has 0 amide bonds. The van der Waals surface area contributed by atoms with Gasteiger partial charge in [0.1, 0.15) is 0 Å². The van der Waals surface area contributed by atoms with Gasteiger partial charge >= 0.3 is 0 Å². The fourth-order valence-corrected chi connectivity index (χ4v) is 2.47. The number of hydrogen-bond donors (Lipinski definition) is 0. The topological polar surface area (TPSA) is 0 Å². The summed E-state index contributed by atoms with van der Waals surface area (Å²) in [5, 5.41) is 0. The Labute approximate surface area is 116 Å². The van der Waals surface area contributed by atoms with Gasteiger partial charge in [-0.15, -0.1) is 0 Å². The van der Waals surface area contributed by atoms with Crippen molar-refractivity contribution >= 4 is 0 Å². The molecule has 0 radical (unpaired) electrons. The molecule has 2 unspecified atom stereocenters. The third-order valence-electron chi connectivity index (χ3n) is 4.06. The lowest BCUT2D eigenvalue weighted by Crippen LogP contribution is -1.97. The van der Waals surface area contributed by atoms with E-state index in [0.29, 0.717) is 0 Å². The van der Waals surface area contributed by atoms with Gasteiger partial charge in [-0.25, -0.2) is 0 Å². The van der Waals surface area contributed by atoms with Crippen LogP contribution in [-0.4, -0.2) is 0 Å². The molecule has 0 aliphatic heterocycles. The highest BCUT2D eigenvalue weighted by atomic mass is 14.1. The van der Waals surface area contributed by atoms with Gasteiger partial charge in [0.05, 0.1) is 0 Å². The van der Waals surface area contributed by atoms with E-state index < -0.39 is 0 Å². The molecule has 0 nitrogen and oxygen atoms in total. The van der Waals surface area contributed by atoms with E-state index in [-0.39, 0.29) is 0 Å². The van der Waals surface area contributed by atoms with Crippen molar-refractivity contribution in [3.8, 4) is 0 Å². The molecule has 18 heavy (non-hydrogen) atoms. The number of unbranched alkanes of at least 4 members (excludes halogenated alkanes) is 2. The van der Waals surface area contributed by atoms with Crippen LogP contribution in [0.25, 0.3) is 0 Å². The lowest BCUT2D eigenvalue weighted by atomic mass is 9.95. The van der Waals surface area contributed by atoms with Crippen LogP contribution in [0.4, 0.5) is 0 Å². The fraction of sp³-hybridized carbons (Fsp3) is 0.889. The van der Waals surface area contributed by atoms with Gasteiger partial charge in [-0.05, 0) is 31.1 Å². The molecule has 0 saturated carbocycles. The van der Waals surface area contributed by atoms with E-state index in [1.807, 2.05) is 0 Å². The Morgan fingerprint density at radius 2 is 1.50 bits per heavy atom. The quantitative estimate of drug-likeness (QED) is 0.337. The summed E-state index contributed by atoms with van der Waals surface area (Å²) in [5.74, 6) is 1.84. The van der Waals surface area contributed by atoms with E-state index in [1.165, 1.54) is 64.2 Å². The van der Waals surface area contributed by atoms with Crippen LogP contribution >= 0.6 is 0 Å². The average molecular weight is 252 g/mol. The smallest absolute Gasteiger partial charge is 0.0322 e. The van der Waals surface area contributed by atoms with Crippen molar-refractivity contribution in [3.63, 3.8) is 0 Å². The van der Waals surface area contributed by atoms with Crippen molar-refractivity contribution < 1.29 is 0 Å². The molecule has 0 spiro atoms. The Kier molecular flexibility index (Phi) is 13.0. The molecule has 0 aliphatic rings. The highest BCUT2D eigenvalue weighted by Crippen LogP contribution is 2.18. The van der Waals surface area contributed by atoms with Gasteiger partial charge in [0.25, 0.3) is 0 Å². The third kappa shape index (κ3) is 10.9. The lowest BCUT2D eigenvalue weighted by molar-refractivity contribution is 0.454. The van der Waals surface area contributed by atoms with Gasteiger partial charge in [-0.2, -0.15) is 0 Å². The zero-order valence-electron chi connectivity index (χ0n) is 13.4. The average Bonchev–Trinajstić information content (AvgIpc) is 2.39. The SMILES string of the molecule is CCCCC(C)CCC=CCC(CC)CCCC. The van der Waals surface area contributed by atoms with Crippen LogP contribution in [0, 0.1) is 11.8 Å². The Morgan fingerprint density at radius 1 is 0.833 bits per heavy atom. The summed E-state index contributed by atoms with van der Waals surface area (Å²) >= 11 is 0. The van der Waals surface area contributed by atoms with Crippen molar-refractivity contribution in [2.75, 3.05) is 0 Å². The third-order valence-corrected chi connectivity index (χ3v) is 4.06. The van der Waals surface area contributed by atoms with Crippen LogP contribution < -0.4 is 0 Å². The van der Waals surface area contributed by atoms with Crippen molar-refractivity contribution in [2.45, 2.75) is 91.9 Å². The standard InChI is InChI=1S/C18H36/c1-5-8-13-17(4)14-11-10-12-16-18(7-3)15-9-6-2/h10,12,17-18H,5-9,11,13-16H2,1-4H3. The summed E-state index contributed by atoms with van der Waals surface area (Å²) in [6.45, 7) is 9.31. The molecule has 0 heteroatoms. The number of rotatable bonds is 12. The zero-order chi connectivity index (χ0) is 13.6. The van der Waals surface area contributed by atoms with Crippen LogP contribution in [0.2, 0.25) is 0 Å². The minimum absolute atomic E-state index is 0.914. The second kappa shape index (κ2) is 13.2. The monoisotopic (exact) mass is 252 g/mol. The van der Waals surface area contributed by atoms with Gasteiger partial charge in [-0.3, -0.25) is 0 Å². The first-order valence-electron chi connectivity index (χ1n) is 8.39. The summed E-state index contributed by atoms with van der Waals surface area (Å²) in [4.78, 5) is 0. The van der Waals surface area contributed by atoms with Crippen LogP contribution in [0.5, 0.6) is 0 Å². The Bertz CT molecular complexity index is 180. The summed E-state index contributed by atoms with van der Waals surface area (Å²) in [5.41, 5.74) is 0. The van der Waals surface area contributed by atoms with E-state index in [4.69, 9.17) is 0 Å². The van der Waals surface area contributed by atoms with Gasteiger partial charge in [0.15, 0.2) is 0 Å². The molecule has 0 fully saturated rings. The van der Waals surface area contributed by atoms with E-state index >= 15 is 0 Å². The molecule has 0 aromatic heterocycles. The Morgan fingerprint density at radius 3 is 2.11 bits per heavy atom. The fourth-order valence-electron chi connectivity index (χ4n) is 2.47. The highest BCUT2D eigenvalue weighted by molar-refractivity contribution is 4.84. The maximum Gasteiger partial charge on any atom is -0.0322 e. The van der Waals surface area contributed by atoms with Crippen molar-refractivity contribution in [1.29, 1.82) is 0 Å². The van der Waals surface area contributed by atoms with Crippen LogP contribution in [-0.2, 0) is 0 Å². The molecule has 0 heterocycles. The first-order chi connectivity index (χ1) is 8.74. The van der Waals surface area contributed by atoms with Crippen LogP contribution in [0.1, 0.15) is 91.9 Å². The summed E-state index contributed by atoms with van der Waals surface area (Å²) in [6, 6.07) is 0. The van der Waals surface area contributed by atoms with Crippen molar-refractivity contribution in [3.05, 3.63) is 12.2 Å². The molecule has 0 rings (SSSR count). The first kappa shape index (κ1) is 17.7. The van der Waals surface area contributed by atoms with Gasteiger partial charge in [0, 0.05) is 0 Å². The van der Waals surface area contributed by atoms with Crippen LogP contribution in [0.3, 0.4) is 0 Å². The highest BCUT2D eigenvalue weighted by Gasteiger charge is 2.03. The normalized spacial score (nSPS) is 15.1. The number of allylic oxidation sites excluding steroid dienone is 2. The van der Waals surface area contributed by atoms with Crippen LogP contribution in [0.15, 0.2) is 12.2 Å². The predicted molar refractivity (Wildman–Crippen MR) is 85.0 cm³/mol. The molecule has 0 bridgehead atoms. The summed E-state index contributed by atoms with van der Waals surface area (Å²) < 4.78 is 0. The molecular weight excluding hydrogens is 216 g/mol. The summed E-state index contributed by atoms with van der Waals surface area (Å²) in [7, 11) is 0. The van der Waals surface area contributed by atoms with Crippen molar-refractivity contribution in [2.24, 2.45) is 11.8 Å². The zero-order valence-corrected chi connectivity index (χ0v) is 13.4. The summed E-state index contributed by atoms with van der Waals surface area (Å²) in [6.07, 6.45) is 18.5. The molecule has 0 aliphatic carbocycles. The number of hydrogen-bond acceptors (Lipinski definition) is 0. The van der Waals surface area contributed by atoms with Gasteiger partial charge < -0.3 is 0 Å². The minimum Gasteiger partial charge on any atom is -0.0885 e. The van der Waals surface area contributed by atoms with E-state index in [0.717, 1.165) is 11.8 Å². The largest absolute Gasteiger partial charge is 0.0885 e. The molecular formula is C18H36. The van der Waals surface area contributed by atoms with E-state index in [9.17, 15) is 0 Å². The molecule has 0 saturated heterocycles. The minimum atomic E-state index is 0.914. The molecule has 0 aromatic carbocycles. The molecule has 108 valence electrons. The maximum absolute atomic E-state index is 2.44. The molecule has 0 aromatic rings. The predicted octanol–water partition coefficient (Wildman–Crippen LogP) is 6.76. The second-order valence-corrected chi connectivity index (χ2v) is 5.95. The van der Waals surface area contributed by atoms with E-state index in [1.54, 1.807) is 0 Å². The van der Waals surface area contributed by atoms with Gasteiger partial charge in [-0.1, -0.05) is 84.8 Å². The Hall–Kier alpha value is -0.260.